The number of anilines is 1. The lowest BCUT2D eigenvalue weighted by molar-refractivity contribution is -0.159. The number of hydrogen-bond acceptors (Lipinski definition) is 6. The summed E-state index contributed by atoms with van der Waals surface area (Å²) < 4.78 is 83.0. The number of rotatable bonds is 3. The Morgan fingerprint density at radius 1 is 0.926 bits per heavy atom. The molecule has 3 aromatic rings. The summed E-state index contributed by atoms with van der Waals surface area (Å²) >= 11 is 0. The third kappa shape index (κ3) is 4.07. The van der Waals surface area contributed by atoms with E-state index >= 15 is 0 Å². The summed E-state index contributed by atoms with van der Waals surface area (Å²) in [4.78, 5) is 15.2. The Balaban J connectivity index is 1.72. The number of hydrogen-bond donors (Lipinski definition) is 1. The van der Waals surface area contributed by atoms with Crippen molar-refractivity contribution < 1.29 is 40.2 Å². The van der Waals surface area contributed by atoms with Gasteiger partial charge in [0.2, 0.25) is 11.7 Å². The Kier molecular flexibility index (Phi) is 4.37. The van der Waals surface area contributed by atoms with Gasteiger partial charge in [-0.1, -0.05) is 22.4 Å². The van der Waals surface area contributed by atoms with Gasteiger partial charge in [-0.2, -0.15) is 31.3 Å². The summed E-state index contributed by atoms with van der Waals surface area (Å²) in [5, 5.41) is 8.03. The van der Waals surface area contributed by atoms with Crippen LogP contribution in [-0.4, -0.2) is 21.2 Å². The van der Waals surface area contributed by atoms with E-state index in [0.717, 1.165) is 0 Å². The zero-order valence-electron chi connectivity index (χ0n) is 12.7. The van der Waals surface area contributed by atoms with Crippen LogP contribution in [0.1, 0.15) is 21.9 Å². The van der Waals surface area contributed by atoms with Gasteiger partial charge in [-0.05, 0) is 12.1 Å². The average Bonchev–Trinajstić information content (AvgIpc) is 3.23. The molecular formula is C14H6F6N4O3. The van der Waals surface area contributed by atoms with Crippen molar-refractivity contribution in [1.82, 2.24) is 15.3 Å². The number of nitrogens with zero attached hydrogens (tertiary/aromatic N) is 3. The van der Waals surface area contributed by atoms with Gasteiger partial charge >= 0.3 is 18.2 Å². The largest absolute Gasteiger partial charge is 0.471 e. The molecule has 0 saturated heterocycles. The molecule has 27 heavy (non-hydrogen) atoms. The van der Waals surface area contributed by atoms with Crippen LogP contribution in [0.4, 0.5) is 32.2 Å². The van der Waals surface area contributed by atoms with E-state index < -0.39 is 35.7 Å². The molecule has 0 aliphatic rings. The molecule has 0 atom stereocenters. The molecule has 0 aliphatic carbocycles. The van der Waals surface area contributed by atoms with Gasteiger partial charge in [-0.3, -0.25) is 10.1 Å². The number of alkyl halides is 6. The lowest BCUT2D eigenvalue weighted by atomic mass is 10.1. The predicted octanol–water partition coefficient (Wildman–Crippen LogP) is 4.01. The summed E-state index contributed by atoms with van der Waals surface area (Å²) in [5.74, 6) is -3.22. The maximum Gasteiger partial charge on any atom is 0.471 e. The average molecular weight is 392 g/mol. The Morgan fingerprint density at radius 2 is 1.59 bits per heavy atom. The lowest BCUT2D eigenvalue weighted by Gasteiger charge is -2.02. The maximum atomic E-state index is 12.4. The van der Waals surface area contributed by atoms with Crippen LogP contribution >= 0.6 is 0 Å². The molecule has 0 aliphatic heterocycles. The topological polar surface area (TPSA) is 94.1 Å². The zero-order chi connectivity index (χ0) is 19.8. The molecule has 0 radical (unpaired) electrons. The Labute approximate surface area is 144 Å². The second-order valence-electron chi connectivity index (χ2n) is 5.03. The van der Waals surface area contributed by atoms with Gasteiger partial charge in [-0.25, -0.2) is 0 Å². The number of nitrogens with one attached hydrogen (secondary N) is 1. The molecule has 2 aromatic heterocycles. The van der Waals surface area contributed by atoms with E-state index in [1.54, 1.807) is 0 Å². The van der Waals surface area contributed by atoms with Crippen molar-refractivity contribution in [2.45, 2.75) is 12.4 Å². The Morgan fingerprint density at radius 3 is 2.11 bits per heavy atom. The normalized spacial score (nSPS) is 12.2. The number of carbonyl (C=O) groups excluding carboxylic acids is 1. The second kappa shape index (κ2) is 6.41. The summed E-state index contributed by atoms with van der Waals surface area (Å²) in [6.45, 7) is 0. The van der Waals surface area contributed by atoms with E-state index in [-0.39, 0.29) is 17.0 Å². The van der Waals surface area contributed by atoms with Crippen molar-refractivity contribution in [2.24, 2.45) is 0 Å². The van der Waals surface area contributed by atoms with Crippen LogP contribution in [0, 0.1) is 0 Å². The minimum atomic E-state index is -4.79. The van der Waals surface area contributed by atoms with Crippen LogP contribution in [0.25, 0.3) is 11.4 Å². The quantitative estimate of drug-likeness (QED) is 0.677. The third-order valence-corrected chi connectivity index (χ3v) is 3.11. The van der Waals surface area contributed by atoms with Crippen molar-refractivity contribution in [3.8, 4) is 11.4 Å². The molecule has 3 rings (SSSR count). The molecule has 0 spiro atoms. The first-order chi connectivity index (χ1) is 12.5. The van der Waals surface area contributed by atoms with Crippen LogP contribution in [-0.2, 0) is 12.4 Å². The number of halogens is 6. The highest BCUT2D eigenvalue weighted by Gasteiger charge is 2.38. The van der Waals surface area contributed by atoms with Gasteiger partial charge in [0, 0.05) is 17.2 Å². The first kappa shape index (κ1) is 18.4. The molecule has 1 aromatic carbocycles. The Hall–Kier alpha value is -3.38. The van der Waals surface area contributed by atoms with Crippen molar-refractivity contribution in [2.75, 3.05) is 5.32 Å². The highest BCUT2D eigenvalue weighted by atomic mass is 19.4. The number of amides is 1. The molecular weight excluding hydrogens is 386 g/mol. The monoisotopic (exact) mass is 392 g/mol. The van der Waals surface area contributed by atoms with Gasteiger partial charge in [0.15, 0.2) is 5.69 Å². The van der Waals surface area contributed by atoms with E-state index in [1.807, 2.05) is 0 Å². The maximum absolute atomic E-state index is 12.4. The van der Waals surface area contributed by atoms with Crippen LogP contribution in [0.15, 0.2) is 39.4 Å². The number of carbonyl (C=O) groups is 1. The highest BCUT2D eigenvalue weighted by Crippen LogP contribution is 2.30. The van der Waals surface area contributed by atoms with E-state index in [4.69, 9.17) is 0 Å². The van der Waals surface area contributed by atoms with E-state index in [2.05, 4.69) is 29.7 Å². The van der Waals surface area contributed by atoms with Crippen molar-refractivity contribution >= 4 is 11.8 Å². The molecule has 142 valence electrons. The minimum Gasteiger partial charge on any atom is -0.338 e. The van der Waals surface area contributed by atoms with Crippen LogP contribution in [0.3, 0.4) is 0 Å². The molecule has 1 amide bonds. The number of benzene rings is 1. The highest BCUT2D eigenvalue weighted by molar-refractivity contribution is 6.03. The minimum absolute atomic E-state index is 0.0109. The van der Waals surface area contributed by atoms with E-state index in [0.29, 0.717) is 6.07 Å². The first-order valence-electron chi connectivity index (χ1n) is 6.90. The summed E-state index contributed by atoms with van der Waals surface area (Å²) in [5.41, 5.74) is -1.20. The predicted molar refractivity (Wildman–Crippen MR) is 74.2 cm³/mol. The molecule has 1 N–H and O–H groups in total. The first-order valence-corrected chi connectivity index (χ1v) is 6.90. The third-order valence-electron chi connectivity index (χ3n) is 3.11. The van der Waals surface area contributed by atoms with Gasteiger partial charge in [0.1, 0.15) is 0 Å². The molecule has 7 nitrogen and oxygen atoms in total. The standard InChI is InChI=1S/C14H6F6N4O3/c15-13(16,17)8-5-9(26-23-8)21-11(25)7-3-1-6(2-4-7)10-22-12(27-24-10)14(18,19)20/h1-5H,(H,21,25). The van der Waals surface area contributed by atoms with E-state index in [1.165, 1.54) is 24.3 Å². The van der Waals surface area contributed by atoms with Crippen LogP contribution in [0.2, 0.25) is 0 Å². The van der Waals surface area contributed by atoms with Crippen molar-refractivity contribution in [1.29, 1.82) is 0 Å². The molecule has 0 bridgehead atoms. The molecule has 0 unspecified atom stereocenters. The smallest absolute Gasteiger partial charge is 0.338 e. The van der Waals surface area contributed by atoms with Gasteiger partial charge in [0.25, 0.3) is 5.91 Å². The van der Waals surface area contributed by atoms with Crippen LogP contribution in [0.5, 0.6) is 0 Å². The summed E-state index contributed by atoms with van der Waals surface area (Å²) in [6, 6.07) is 5.39. The summed E-state index contributed by atoms with van der Waals surface area (Å²) in [6.07, 6.45) is -9.52. The second-order valence-corrected chi connectivity index (χ2v) is 5.03. The van der Waals surface area contributed by atoms with Gasteiger partial charge in [0.05, 0.1) is 0 Å². The Bertz CT molecular complexity index is 958. The fraction of sp³-hybridized carbons (Fsp3) is 0.143. The fourth-order valence-corrected chi connectivity index (χ4v) is 1.88. The van der Waals surface area contributed by atoms with Gasteiger partial charge in [-0.15, -0.1) is 0 Å². The fourth-order valence-electron chi connectivity index (χ4n) is 1.88. The summed E-state index contributed by atoms with van der Waals surface area (Å²) in [7, 11) is 0. The van der Waals surface area contributed by atoms with Crippen LogP contribution < -0.4 is 5.32 Å². The van der Waals surface area contributed by atoms with Gasteiger partial charge < -0.3 is 9.05 Å². The molecule has 13 heteroatoms. The molecule has 2 heterocycles. The van der Waals surface area contributed by atoms with E-state index in [9.17, 15) is 31.1 Å². The molecule has 0 fully saturated rings. The van der Waals surface area contributed by atoms with Crippen molar-refractivity contribution in [3.63, 3.8) is 0 Å². The number of aromatic nitrogens is 3. The molecule has 0 saturated carbocycles. The van der Waals surface area contributed by atoms with Crippen molar-refractivity contribution in [3.05, 3.63) is 47.5 Å². The SMILES string of the molecule is O=C(Nc1cc(C(F)(F)F)no1)c1ccc(-c2noc(C(F)(F)F)n2)cc1. The lowest BCUT2D eigenvalue weighted by Crippen LogP contribution is -2.11. The zero-order valence-corrected chi connectivity index (χ0v) is 12.7.